The third kappa shape index (κ3) is 2630. The number of hydrogen-bond acceptors (Lipinski definition) is 12. The Bertz CT molecular complexity index is 133. The molecule has 0 atom stereocenters. The molecule has 0 saturated heterocycles. The highest BCUT2D eigenvalue weighted by molar-refractivity contribution is 4.28. The highest BCUT2D eigenvalue weighted by Gasteiger charge is 1.56. The second-order valence-corrected chi connectivity index (χ2v) is 3.46. The summed E-state index contributed by atoms with van der Waals surface area (Å²) in [7, 11) is 0. The molecule has 0 rings (SSSR count). The van der Waals surface area contributed by atoms with Crippen molar-refractivity contribution in [1.82, 2.24) is 0 Å². The summed E-state index contributed by atoms with van der Waals surface area (Å²) in [6.07, 6.45) is 0. The average Bonchev–Trinajstić information content (AvgIpc) is 3.07. The van der Waals surface area contributed by atoms with Crippen LogP contribution in [0.2, 0.25) is 0 Å². The predicted molar refractivity (Wildman–Crippen MR) is 187 cm³/mol. The third-order valence-corrected chi connectivity index (χ3v) is 1.00. The van der Waals surface area contributed by atoms with Crippen LogP contribution in [-0.4, -0.2) is 78.5 Å². The van der Waals surface area contributed by atoms with Gasteiger partial charge in [-0.15, -0.1) is 92.1 Å². The average molecular weight is 557 g/mol. The number of rotatable bonds is 6. The molecule has 0 saturated carbocycles. The van der Waals surface area contributed by atoms with Crippen molar-refractivity contribution in [2.45, 2.75) is 0 Å². The number of nitrogens with two attached hydrogens (primary N) is 12. The molecule has 240 valence electrons. The Morgan fingerprint density at radius 1 is 0.158 bits per heavy atom. The molecule has 0 aromatic heterocycles. The molecule has 0 aromatic carbocycles. The van der Waals surface area contributed by atoms with Crippen molar-refractivity contribution in [2.75, 3.05) is 78.5 Å². The van der Waals surface area contributed by atoms with Crippen LogP contribution in [0.3, 0.4) is 0 Å². The van der Waals surface area contributed by atoms with Crippen molar-refractivity contribution in [2.24, 2.45) is 68.8 Å². The molecule has 0 bridgehead atoms. The van der Waals surface area contributed by atoms with Crippen LogP contribution in [0.5, 0.6) is 0 Å². The molecule has 0 fully saturated rings. The molecule has 0 aliphatic rings. The summed E-state index contributed by atoms with van der Waals surface area (Å²) in [5.41, 5.74) is 58.8. The lowest BCUT2D eigenvalue weighted by Crippen LogP contribution is -2.11. The van der Waals surface area contributed by atoms with Gasteiger partial charge in [0.1, 0.15) is 0 Å². The van der Waals surface area contributed by atoms with E-state index in [-0.39, 0.29) is 0 Å². The molecular formula is C26H76N12. The highest BCUT2D eigenvalue weighted by atomic mass is 14.6. The Kier molecular flexibility index (Phi) is 919. The van der Waals surface area contributed by atoms with Crippen LogP contribution >= 0.6 is 0 Å². The predicted octanol–water partition coefficient (Wildman–Crippen LogP) is -0.962. The smallest absolute Gasteiger partial charge is 0.00461 e. The van der Waals surface area contributed by atoms with Gasteiger partial charge in [0.15, 0.2) is 0 Å². The minimum atomic E-state index is 0.597. The van der Waals surface area contributed by atoms with E-state index in [1.54, 1.807) is 0 Å². The van der Waals surface area contributed by atoms with E-state index in [9.17, 15) is 0 Å². The fraction of sp³-hybridized carbons (Fsp3) is 0.462. The molecule has 12 heteroatoms. The molecule has 0 spiro atoms. The zero-order valence-corrected chi connectivity index (χ0v) is 25.3. The maximum Gasteiger partial charge on any atom is 0.00461 e. The molecule has 0 radical (unpaired) electrons. The Morgan fingerprint density at radius 2 is 0.184 bits per heavy atom. The molecule has 38 heavy (non-hydrogen) atoms. The Hall–Kier alpha value is -2.30. The number of hydrogen-bond donors (Lipinski definition) is 12. The summed E-state index contributed by atoms with van der Waals surface area (Å²) in [6.45, 7) is 49.2. The summed E-state index contributed by atoms with van der Waals surface area (Å²) in [6, 6.07) is 0. The van der Waals surface area contributed by atoms with Crippen molar-refractivity contribution < 1.29 is 0 Å². The zero-order chi connectivity index (χ0) is 34.5. The van der Waals surface area contributed by atoms with Gasteiger partial charge in [-0.2, -0.15) is 0 Å². The van der Waals surface area contributed by atoms with Crippen LogP contribution in [0, 0.1) is 0 Å². The lowest BCUT2D eigenvalue weighted by atomic mass is 10.7. The Balaban J connectivity index is -0.0000000165. The molecule has 0 aliphatic carbocycles. The Labute approximate surface area is 239 Å². The van der Waals surface area contributed by atoms with Gasteiger partial charge in [-0.1, -0.05) is 0 Å². The highest BCUT2D eigenvalue weighted by Crippen LogP contribution is 1.26. The topological polar surface area (TPSA) is 312 Å². The van der Waals surface area contributed by atoms with Gasteiger partial charge in [0.25, 0.3) is 0 Å². The molecule has 0 amide bonds. The van der Waals surface area contributed by atoms with Gasteiger partial charge in [0.05, 0.1) is 0 Å². The van der Waals surface area contributed by atoms with Crippen molar-refractivity contribution in [3.05, 3.63) is 92.1 Å². The van der Waals surface area contributed by atoms with Crippen LogP contribution < -0.4 is 68.8 Å². The van der Waals surface area contributed by atoms with Crippen molar-refractivity contribution in [3.63, 3.8) is 0 Å². The first-order valence-electron chi connectivity index (χ1n) is 11.4. The van der Waals surface area contributed by atoms with E-state index in [1.807, 2.05) is 0 Å². The standard InChI is InChI=1S/6C2H8N2.7C2H4/c6*3-1-2-4;7*1-2/h6*1-4H2;7*1-2H2. The van der Waals surface area contributed by atoms with Gasteiger partial charge in [-0.05, 0) is 0 Å². The molecule has 12 nitrogen and oxygen atoms in total. The first-order chi connectivity index (χ1) is 18.5. The van der Waals surface area contributed by atoms with Crippen LogP contribution in [0.25, 0.3) is 0 Å². The summed E-state index contributed by atoms with van der Waals surface area (Å²) in [5, 5.41) is 0. The van der Waals surface area contributed by atoms with Gasteiger partial charge in [-0.3, -0.25) is 0 Å². The quantitative estimate of drug-likeness (QED) is 0.176. The van der Waals surface area contributed by atoms with Crippen molar-refractivity contribution >= 4 is 0 Å². The monoisotopic (exact) mass is 557 g/mol. The van der Waals surface area contributed by atoms with Crippen LogP contribution in [0.4, 0.5) is 0 Å². The molecule has 0 aromatic rings. The minimum Gasteiger partial charge on any atom is -0.329 e. The molecular weight excluding hydrogens is 480 g/mol. The van der Waals surface area contributed by atoms with E-state index in [1.165, 1.54) is 0 Å². The van der Waals surface area contributed by atoms with Crippen LogP contribution in [0.1, 0.15) is 0 Å². The first-order valence-corrected chi connectivity index (χ1v) is 11.4. The third-order valence-electron chi connectivity index (χ3n) is 1.00. The fourth-order valence-electron chi connectivity index (χ4n) is 0. The van der Waals surface area contributed by atoms with E-state index < -0.39 is 0 Å². The van der Waals surface area contributed by atoms with Crippen molar-refractivity contribution in [1.29, 1.82) is 0 Å². The second-order valence-electron chi connectivity index (χ2n) is 3.46. The molecule has 24 N–H and O–H groups in total. The van der Waals surface area contributed by atoms with Gasteiger partial charge in [0.2, 0.25) is 0 Å². The van der Waals surface area contributed by atoms with Gasteiger partial charge >= 0.3 is 0 Å². The Morgan fingerprint density at radius 3 is 0.184 bits per heavy atom. The summed E-state index contributed by atoms with van der Waals surface area (Å²) >= 11 is 0. The lowest BCUT2D eigenvalue weighted by molar-refractivity contribution is 0.976. The van der Waals surface area contributed by atoms with E-state index >= 15 is 0 Å². The first kappa shape index (κ1) is 83.4. The molecule has 0 heterocycles. The maximum absolute atomic E-state index is 4.90. The van der Waals surface area contributed by atoms with Crippen LogP contribution in [0.15, 0.2) is 92.1 Å². The largest absolute Gasteiger partial charge is 0.329 e. The maximum atomic E-state index is 4.90. The van der Waals surface area contributed by atoms with Gasteiger partial charge < -0.3 is 68.8 Å². The van der Waals surface area contributed by atoms with Gasteiger partial charge in [-0.25, -0.2) is 0 Å². The van der Waals surface area contributed by atoms with E-state index in [0.29, 0.717) is 78.5 Å². The summed E-state index contributed by atoms with van der Waals surface area (Å²) in [5.74, 6) is 0. The summed E-state index contributed by atoms with van der Waals surface area (Å²) < 4.78 is 0. The fourth-order valence-corrected chi connectivity index (χ4v) is 0. The lowest BCUT2D eigenvalue weighted by Gasteiger charge is -1.72. The van der Waals surface area contributed by atoms with E-state index in [0.717, 1.165) is 0 Å². The van der Waals surface area contributed by atoms with Crippen molar-refractivity contribution in [3.8, 4) is 0 Å². The zero-order valence-electron chi connectivity index (χ0n) is 25.3. The van der Waals surface area contributed by atoms with Gasteiger partial charge in [0, 0.05) is 78.5 Å². The van der Waals surface area contributed by atoms with Crippen LogP contribution in [-0.2, 0) is 0 Å². The van der Waals surface area contributed by atoms with E-state index in [4.69, 9.17) is 68.8 Å². The van der Waals surface area contributed by atoms with E-state index in [2.05, 4.69) is 92.1 Å². The summed E-state index contributed by atoms with van der Waals surface area (Å²) in [4.78, 5) is 0. The molecule has 0 unspecified atom stereocenters. The molecule has 0 aliphatic heterocycles. The minimum absolute atomic E-state index is 0.597. The SMILES string of the molecule is C=C.C=C.C=C.C=C.C=C.C=C.C=C.NCCN.NCCN.NCCN.NCCN.NCCN.NCCN. The normalized spacial score (nSPS) is 5.47. The second kappa shape index (κ2) is 419.